The zero-order valence-corrected chi connectivity index (χ0v) is 16.7. The molecule has 0 aromatic heterocycles. The maximum Gasteiger partial charge on any atom is 0.270 e. The van der Waals surface area contributed by atoms with Gasteiger partial charge in [-0.3, -0.25) is 14.9 Å². The van der Waals surface area contributed by atoms with Crippen molar-refractivity contribution in [2.24, 2.45) is 0 Å². The molecule has 0 fully saturated rings. The molecule has 0 heterocycles. The Morgan fingerprint density at radius 1 is 1.07 bits per heavy atom. The summed E-state index contributed by atoms with van der Waals surface area (Å²) in [6, 6.07) is 20.9. The Balaban J connectivity index is 1.79. The third-order valence-electron chi connectivity index (χ3n) is 4.56. The molecule has 3 rings (SSSR count). The summed E-state index contributed by atoms with van der Waals surface area (Å²) in [6.07, 6.45) is -0.785. The number of nitro groups is 1. The molecule has 0 aliphatic heterocycles. The second kappa shape index (κ2) is 9.56. The van der Waals surface area contributed by atoms with Crippen molar-refractivity contribution in [3.05, 3.63) is 88.5 Å². The third-order valence-corrected chi connectivity index (χ3v) is 4.56. The summed E-state index contributed by atoms with van der Waals surface area (Å²) in [6.45, 7) is 2.03. The zero-order valence-electron chi connectivity index (χ0n) is 16.7. The first-order chi connectivity index (χ1) is 14.5. The predicted octanol–water partition coefficient (Wildman–Crippen LogP) is 4.35. The molecular weight excluding hydrogens is 384 g/mol. The minimum Gasteiger partial charge on any atom is -0.497 e. The summed E-state index contributed by atoms with van der Waals surface area (Å²) in [5, 5.41) is 14.1. The molecule has 0 bridgehead atoms. The third kappa shape index (κ3) is 5.14. The highest BCUT2D eigenvalue weighted by Gasteiger charge is 2.19. The van der Waals surface area contributed by atoms with Gasteiger partial charge in [0.15, 0.2) is 6.10 Å². The normalized spacial score (nSPS) is 11.4. The lowest BCUT2D eigenvalue weighted by molar-refractivity contribution is -0.384. The Morgan fingerprint density at radius 3 is 2.40 bits per heavy atom. The molecule has 0 saturated heterocycles. The van der Waals surface area contributed by atoms with Gasteiger partial charge in [0.05, 0.1) is 12.0 Å². The van der Waals surface area contributed by atoms with Crippen LogP contribution in [0.2, 0.25) is 0 Å². The first-order valence-electron chi connectivity index (χ1n) is 9.39. The number of hydrogen-bond acceptors (Lipinski definition) is 5. The molecular formula is C23H22N2O5. The standard InChI is InChI=1S/C23H22N2O5/c1-16(23(26)24-15-17-6-4-3-5-7-17)30-22-13-10-19(25(27)28)14-21(22)18-8-11-20(29-2)12-9-18/h3-14,16H,15H2,1-2H3,(H,24,26)/t16-/m1/s1. The van der Waals surface area contributed by atoms with E-state index in [4.69, 9.17) is 9.47 Å². The molecule has 0 radical (unpaired) electrons. The van der Waals surface area contributed by atoms with Crippen LogP contribution in [0.15, 0.2) is 72.8 Å². The number of amides is 1. The minimum absolute atomic E-state index is 0.0608. The molecule has 0 unspecified atom stereocenters. The second-order valence-corrected chi connectivity index (χ2v) is 6.63. The molecule has 3 aromatic carbocycles. The number of methoxy groups -OCH3 is 1. The molecule has 0 spiro atoms. The van der Waals surface area contributed by atoms with Crippen LogP contribution in [0.3, 0.4) is 0 Å². The van der Waals surface area contributed by atoms with Crippen molar-refractivity contribution in [3.63, 3.8) is 0 Å². The molecule has 0 saturated carbocycles. The highest BCUT2D eigenvalue weighted by molar-refractivity contribution is 5.81. The average molecular weight is 406 g/mol. The van der Waals surface area contributed by atoms with Crippen LogP contribution in [-0.4, -0.2) is 24.0 Å². The molecule has 30 heavy (non-hydrogen) atoms. The first-order valence-corrected chi connectivity index (χ1v) is 9.39. The topological polar surface area (TPSA) is 90.7 Å². The summed E-state index contributed by atoms with van der Waals surface area (Å²) in [5.74, 6) is 0.770. The van der Waals surface area contributed by atoms with E-state index in [0.717, 1.165) is 5.56 Å². The van der Waals surface area contributed by atoms with Gasteiger partial charge in [0.1, 0.15) is 11.5 Å². The van der Waals surface area contributed by atoms with Crippen molar-refractivity contribution in [3.8, 4) is 22.6 Å². The maximum absolute atomic E-state index is 12.5. The van der Waals surface area contributed by atoms with E-state index >= 15 is 0 Å². The van der Waals surface area contributed by atoms with Crippen molar-refractivity contribution >= 4 is 11.6 Å². The Kier molecular flexibility index (Phi) is 6.64. The van der Waals surface area contributed by atoms with Gasteiger partial charge in [-0.15, -0.1) is 0 Å². The number of carbonyl (C=O) groups excluding carboxylic acids is 1. The fourth-order valence-electron chi connectivity index (χ4n) is 2.90. The number of nitro benzene ring substituents is 1. The highest BCUT2D eigenvalue weighted by atomic mass is 16.6. The van der Waals surface area contributed by atoms with Crippen molar-refractivity contribution < 1.29 is 19.2 Å². The molecule has 154 valence electrons. The van der Waals surface area contributed by atoms with E-state index in [2.05, 4.69) is 5.32 Å². The molecule has 1 amide bonds. The van der Waals surface area contributed by atoms with Crippen LogP contribution in [0.1, 0.15) is 12.5 Å². The Morgan fingerprint density at radius 2 is 1.77 bits per heavy atom. The number of nitrogens with zero attached hydrogens (tertiary/aromatic N) is 1. The van der Waals surface area contributed by atoms with Gasteiger partial charge >= 0.3 is 0 Å². The van der Waals surface area contributed by atoms with Crippen LogP contribution < -0.4 is 14.8 Å². The monoisotopic (exact) mass is 406 g/mol. The van der Waals surface area contributed by atoms with Crippen LogP contribution in [0, 0.1) is 10.1 Å². The van der Waals surface area contributed by atoms with E-state index < -0.39 is 11.0 Å². The van der Waals surface area contributed by atoms with Crippen LogP contribution >= 0.6 is 0 Å². The SMILES string of the molecule is COc1ccc(-c2cc([N+](=O)[O-])ccc2O[C@H](C)C(=O)NCc2ccccc2)cc1. The van der Waals surface area contributed by atoms with E-state index in [-0.39, 0.29) is 11.6 Å². The lowest BCUT2D eigenvalue weighted by Gasteiger charge is -2.17. The Labute approximate surface area is 174 Å². The van der Waals surface area contributed by atoms with E-state index in [1.807, 2.05) is 30.3 Å². The minimum atomic E-state index is -0.785. The molecule has 1 atom stereocenters. The van der Waals surface area contributed by atoms with E-state index in [1.54, 1.807) is 38.3 Å². The number of benzene rings is 3. The van der Waals surface area contributed by atoms with Gasteiger partial charge in [-0.25, -0.2) is 0 Å². The number of carbonyl (C=O) groups is 1. The van der Waals surface area contributed by atoms with Gasteiger partial charge in [0.25, 0.3) is 11.6 Å². The van der Waals surface area contributed by atoms with Gasteiger partial charge in [0.2, 0.25) is 0 Å². The van der Waals surface area contributed by atoms with Crippen LogP contribution in [0.25, 0.3) is 11.1 Å². The van der Waals surface area contributed by atoms with Crippen molar-refractivity contribution in [2.45, 2.75) is 19.6 Å². The van der Waals surface area contributed by atoms with Crippen molar-refractivity contribution in [1.29, 1.82) is 0 Å². The van der Waals surface area contributed by atoms with Gasteiger partial charge < -0.3 is 14.8 Å². The smallest absolute Gasteiger partial charge is 0.270 e. The fraction of sp³-hybridized carbons (Fsp3) is 0.174. The van der Waals surface area contributed by atoms with E-state index in [9.17, 15) is 14.9 Å². The van der Waals surface area contributed by atoms with E-state index in [0.29, 0.717) is 29.2 Å². The van der Waals surface area contributed by atoms with E-state index in [1.165, 1.54) is 18.2 Å². The summed E-state index contributed by atoms with van der Waals surface area (Å²) >= 11 is 0. The highest BCUT2D eigenvalue weighted by Crippen LogP contribution is 2.35. The Bertz CT molecular complexity index is 1020. The summed E-state index contributed by atoms with van der Waals surface area (Å²) in [5.41, 5.74) is 2.16. The van der Waals surface area contributed by atoms with Crippen LogP contribution in [0.5, 0.6) is 11.5 Å². The molecule has 0 aliphatic rings. The zero-order chi connectivity index (χ0) is 21.5. The van der Waals surface area contributed by atoms with Gasteiger partial charge in [-0.2, -0.15) is 0 Å². The molecule has 7 nitrogen and oxygen atoms in total. The number of nitrogens with one attached hydrogen (secondary N) is 1. The molecule has 3 aromatic rings. The summed E-state index contributed by atoms with van der Waals surface area (Å²) in [4.78, 5) is 23.2. The van der Waals surface area contributed by atoms with Gasteiger partial charge in [0, 0.05) is 24.2 Å². The number of rotatable bonds is 8. The van der Waals surface area contributed by atoms with Crippen molar-refractivity contribution in [2.75, 3.05) is 7.11 Å². The van der Waals surface area contributed by atoms with Crippen molar-refractivity contribution in [1.82, 2.24) is 5.32 Å². The first kappa shape index (κ1) is 20.9. The number of non-ortho nitro benzene ring substituents is 1. The fourth-order valence-corrected chi connectivity index (χ4v) is 2.90. The van der Waals surface area contributed by atoms with Gasteiger partial charge in [-0.05, 0) is 36.2 Å². The molecule has 7 heteroatoms. The number of hydrogen-bond donors (Lipinski definition) is 1. The summed E-state index contributed by atoms with van der Waals surface area (Å²) in [7, 11) is 1.56. The molecule has 0 aliphatic carbocycles. The lowest BCUT2D eigenvalue weighted by Crippen LogP contribution is -2.36. The second-order valence-electron chi connectivity index (χ2n) is 6.63. The largest absolute Gasteiger partial charge is 0.497 e. The van der Waals surface area contributed by atoms with Gasteiger partial charge in [-0.1, -0.05) is 42.5 Å². The quantitative estimate of drug-likeness (QED) is 0.443. The molecule has 1 N–H and O–H groups in total. The maximum atomic E-state index is 12.5. The Hall–Kier alpha value is -3.87. The average Bonchev–Trinajstić information content (AvgIpc) is 2.78. The summed E-state index contributed by atoms with van der Waals surface area (Å²) < 4.78 is 11.0. The van der Waals surface area contributed by atoms with Crippen LogP contribution in [-0.2, 0) is 11.3 Å². The van der Waals surface area contributed by atoms with Crippen LogP contribution in [0.4, 0.5) is 5.69 Å². The number of ether oxygens (including phenoxy) is 2. The lowest BCUT2D eigenvalue weighted by atomic mass is 10.0. The predicted molar refractivity (Wildman–Crippen MR) is 113 cm³/mol.